The molecule has 1 unspecified atom stereocenters. The average molecular weight is 432 g/mol. The second-order valence-corrected chi connectivity index (χ2v) is 8.14. The second kappa shape index (κ2) is 9.53. The van der Waals surface area contributed by atoms with Gasteiger partial charge in [-0.1, -0.05) is 103 Å². The number of para-hydroxylation sites is 2. The summed E-state index contributed by atoms with van der Waals surface area (Å²) >= 11 is 0. The molecule has 4 aromatic carbocycles. The molecule has 1 atom stereocenters. The van der Waals surface area contributed by atoms with Gasteiger partial charge in [0.15, 0.2) is 0 Å². The van der Waals surface area contributed by atoms with Gasteiger partial charge in [0.25, 0.3) is 0 Å². The molecule has 162 valence electrons. The molecule has 2 N–H and O–H groups in total. The summed E-state index contributed by atoms with van der Waals surface area (Å²) in [6, 6.07) is 37.7. The molecule has 0 radical (unpaired) electrons. The molecule has 4 nitrogen and oxygen atoms in total. The Balaban J connectivity index is 1.51. The predicted octanol–water partition coefficient (Wildman–Crippen LogP) is 5.80. The maximum absolute atomic E-state index is 13.8. The van der Waals surface area contributed by atoms with E-state index in [9.17, 15) is 4.79 Å². The molecule has 0 aliphatic heterocycles. The zero-order valence-electron chi connectivity index (χ0n) is 18.2. The van der Waals surface area contributed by atoms with Crippen molar-refractivity contribution in [1.82, 2.24) is 15.3 Å². The van der Waals surface area contributed by atoms with Gasteiger partial charge in [0.1, 0.15) is 5.82 Å². The van der Waals surface area contributed by atoms with Gasteiger partial charge in [-0.3, -0.25) is 4.79 Å². The number of aromatic amines is 1. The van der Waals surface area contributed by atoms with Gasteiger partial charge in [-0.25, -0.2) is 4.98 Å². The number of hydrogen-bond acceptors (Lipinski definition) is 2. The summed E-state index contributed by atoms with van der Waals surface area (Å²) in [5, 5.41) is 3.31. The summed E-state index contributed by atoms with van der Waals surface area (Å²) in [6.45, 7) is 0. The fourth-order valence-corrected chi connectivity index (χ4v) is 4.24. The van der Waals surface area contributed by atoms with E-state index >= 15 is 0 Å². The van der Waals surface area contributed by atoms with Crippen molar-refractivity contribution in [3.8, 4) is 0 Å². The third kappa shape index (κ3) is 4.70. The lowest BCUT2D eigenvalue weighted by molar-refractivity contribution is -0.122. The number of fused-ring (bicyclic) bond motifs is 1. The highest BCUT2D eigenvalue weighted by Gasteiger charge is 2.27. The number of carbonyl (C=O) groups excluding carboxylic acids is 1. The van der Waals surface area contributed by atoms with E-state index in [2.05, 4.69) is 22.4 Å². The zero-order chi connectivity index (χ0) is 22.5. The van der Waals surface area contributed by atoms with Crippen LogP contribution < -0.4 is 5.32 Å². The van der Waals surface area contributed by atoms with E-state index in [4.69, 9.17) is 4.98 Å². The Morgan fingerprint density at radius 2 is 1.27 bits per heavy atom. The molecule has 0 bridgehead atoms. The van der Waals surface area contributed by atoms with Gasteiger partial charge in [0, 0.05) is 0 Å². The molecule has 0 saturated heterocycles. The summed E-state index contributed by atoms with van der Waals surface area (Å²) in [4.78, 5) is 22.0. The Kier molecular flexibility index (Phi) is 5.98. The number of hydrogen-bond donors (Lipinski definition) is 2. The first-order chi connectivity index (χ1) is 16.3. The van der Waals surface area contributed by atoms with Crippen LogP contribution in [0, 0.1) is 0 Å². The third-order valence-corrected chi connectivity index (χ3v) is 5.86. The molecule has 0 spiro atoms. The first-order valence-electron chi connectivity index (χ1n) is 11.2. The Labute approximate surface area is 193 Å². The second-order valence-electron chi connectivity index (χ2n) is 8.14. The van der Waals surface area contributed by atoms with E-state index < -0.39 is 5.92 Å². The first kappa shape index (κ1) is 20.7. The predicted molar refractivity (Wildman–Crippen MR) is 132 cm³/mol. The van der Waals surface area contributed by atoms with Crippen LogP contribution in [0.5, 0.6) is 0 Å². The van der Waals surface area contributed by atoms with Crippen molar-refractivity contribution in [2.24, 2.45) is 0 Å². The highest BCUT2D eigenvalue weighted by Crippen LogP contribution is 2.27. The van der Waals surface area contributed by atoms with Gasteiger partial charge in [-0.05, 0) is 35.2 Å². The number of benzene rings is 4. The largest absolute Gasteiger partial charge is 0.345 e. The van der Waals surface area contributed by atoms with E-state index in [1.165, 1.54) is 0 Å². The standard InChI is InChI=1S/C29H25N3O/c33-29(27(22-14-6-2-7-15-22)23-16-8-3-9-17-23)32-26(20-21-12-4-1-5-13-21)28-30-24-18-10-11-19-25(24)31-28/h1-19,26-27H,20H2,(H,30,31)(H,32,33). The number of nitrogens with zero attached hydrogens (tertiary/aromatic N) is 1. The van der Waals surface area contributed by atoms with Gasteiger partial charge in [-0.15, -0.1) is 0 Å². The van der Waals surface area contributed by atoms with Gasteiger partial charge < -0.3 is 10.3 Å². The molecule has 0 saturated carbocycles. The smallest absolute Gasteiger partial charge is 0.232 e. The number of nitrogens with one attached hydrogen (secondary N) is 2. The monoisotopic (exact) mass is 431 g/mol. The minimum Gasteiger partial charge on any atom is -0.345 e. The minimum atomic E-state index is -0.407. The Bertz CT molecular complexity index is 1260. The van der Waals surface area contributed by atoms with Crippen LogP contribution in [0.25, 0.3) is 11.0 Å². The molecule has 33 heavy (non-hydrogen) atoms. The van der Waals surface area contributed by atoms with E-state index in [-0.39, 0.29) is 11.9 Å². The molecule has 5 aromatic rings. The van der Waals surface area contributed by atoms with Crippen LogP contribution in [-0.2, 0) is 11.2 Å². The first-order valence-corrected chi connectivity index (χ1v) is 11.2. The number of imidazole rings is 1. The SMILES string of the molecule is O=C(NC(Cc1ccccc1)c1nc2ccccc2[nH]1)C(c1ccccc1)c1ccccc1. The number of H-pyrrole nitrogens is 1. The van der Waals surface area contributed by atoms with Crippen LogP contribution in [0.1, 0.15) is 34.5 Å². The lowest BCUT2D eigenvalue weighted by atomic mass is 9.90. The van der Waals surface area contributed by atoms with Gasteiger partial charge in [0.2, 0.25) is 5.91 Å². The molecule has 1 aromatic heterocycles. The lowest BCUT2D eigenvalue weighted by Crippen LogP contribution is -2.35. The van der Waals surface area contributed by atoms with Gasteiger partial charge in [0.05, 0.1) is 23.0 Å². The van der Waals surface area contributed by atoms with Crippen molar-refractivity contribution in [1.29, 1.82) is 0 Å². The van der Waals surface area contributed by atoms with Crippen LogP contribution in [0.2, 0.25) is 0 Å². The maximum Gasteiger partial charge on any atom is 0.232 e. The van der Waals surface area contributed by atoms with Crippen molar-refractivity contribution in [2.75, 3.05) is 0 Å². The molecular formula is C29H25N3O. The highest BCUT2D eigenvalue weighted by molar-refractivity contribution is 5.87. The molecule has 5 rings (SSSR count). The number of amides is 1. The molecule has 1 heterocycles. The van der Waals surface area contributed by atoms with Crippen molar-refractivity contribution >= 4 is 16.9 Å². The van der Waals surface area contributed by atoms with E-state index in [0.29, 0.717) is 6.42 Å². The summed E-state index contributed by atoms with van der Waals surface area (Å²) in [7, 11) is 0. The van der Waals surface area contributed by atoms with Crippen LogP contribution in [0.15, 0.2) is 115 Å². The van der Waals surface area contributed by atoms with E-state index in [1.807, 2.05) is 103 Å². The van der Waals surface area contributed by atoms with Gasteiger partial charge >= 0.3 is 0 Å². The molecule has 1 amide bonds. The third-order valence-electron chi connectivity index (χ3n) is 5.86. The lowest BCUT2D eigenvalue weighted by Gasteiger charge is -2.22. The molecule has 4 heteroatoms. The van der Waals surface area contributed by atoms with Crippen molar-refractivity contribution in [2.45, 2.75) is 18.4 Å². The summed E-state index contributed by atoms with van der Waals surface area (Å²) in [6.07, 6.45) is 0.642. The molecular weight excluding hydrogens is 406 g/mol. The Morgan fingerprint density at radius 1 is 0.727 bits per heavy atom. The molecule has 0 aliphatic rings. The Hall–Kier alpha value is -4.18. The highest BCUT2D eigenvalue weighted by atomic mass is 16.2. The Morgan fingerprint density at radius 3 is 1.88 bits per heavy atom. The molecule has 0 aliphatic carbocycles. The fraction of sp³-hybridized carbons (Fsp3) is 0.103. The van der Waals surface area contributed by atoms with E-state index in [0.717, 1.165) is 33.5 Å². The number of carbonyl (C=O) groups is 1. The van der Waals surface area contributed by atoms with Gasteiger partial charge in [-0.2, -0.15) is 0 Å². The normalized spacial score (nSPS) is 12.0. The fourth-order valence-electron chi connectivity index (χ4n) is 4.24. The quantitative estimate of drug-likeness (QED) is 0.342. The van der Waals surface area contributed by atoms with E-state index in [1.54, 1.807) is 0 Å². The number of rotatable bonds is 7. The van der Waals surface area contributed by atoms with Crippen LogP contribution in [-0.4, -0.2) is 15.9 Å². The summed E-state index contributed by atoms with van der Waals surface area (Å²) in [5.74, 6) is 0.303. The zero-order valence-corrected chi connectivity index (χ0v) is 18.2. The van der Waals surface area contributed by atoms with Crippen LogP contribution in [0.3, 0.4) is 0 Å². The topological polar surface area (TPSA) is 57.8 Å². The van der Waals surface area contributed by atoms with Crippen LogP contribution in [0.4, 0.5) is 0 Å². The molecule has 0 fully saturated rings. The van der Waals surface area contributed by atoms with Crippen molar-refractivity contribution in [3.63, 3.8) is 0 Å². The van der Waals surface area contributed by atoms with Crippen molar-refractivity contribution in [3.05, 3.63) is 138 Å². The summed E-state index contributed by atoms with van der Waals surface area (Å²) < 4.78 is 0. The summed E-state index contributed by atoms with van der Waals surface area (Å²) in [5.41, 5.74) is 4.91. The van der Waals surface area contributed by atoms with Crippen molar-refractivity contribution < 1.29 is 4.79 Å². The average Bonchev–Trinajstić information content (AvgIpc) is 3.30. The minimum absolute atomic E-state index is 0.0474. The van der Waals surface area contributed by atoms with Crippen LogP contribution >= 0.6 is 0 Å². The maximum atomic E-state index is 13.8. The number of aromatic nitrogens is 2.